The van der Waals surface area contributed by atoms with E-state index in [2.05, 4.69) is 0 Å². The molecule has 0 unspecified atom stereocenters. The molecule has 0 fully saturated rings. The Morgan fingerprint density at radius 3 is 2.69 bits per heavy atom. The van der Waals surface area contributed by atoms with Crippen LogP contribution in [0.25, 0.3) is 0 Å². The molecule has 154 valence electrons. The fourth-order valence-electron chi connectivity index (χ4n) is 3.44. The van der Waals surface area contributed by atoms with Crippen LogP contribution in [0.4, 0.5) is 5.69 Å². The lowest BCUT2D eigenvalue weighted by Crippen LogP contribution is -2.38. The maximum absolute atomic E-state index is 12.6. The number of anilines is 1. The first-order chi connectivity index (χ1) is 13.9. The quantitative estimate of drug-likeness (QED) is 0.643. The number of carbonyl (C=O) groups is 2. The van der Waals surface area contributed by atoms with E-state index in [-0.39, 0.29) is 25.0 Å². The number of rotatable bonds is 6. The topological polar surface area (TPSA) is 55.8 Å². The molecule has 0 radical (unpaired) electrons. The number of esters is 1. The van der Waals surface area contributed by atoms with Crippen LogP contribution in [0.3, 0.4) is 0 Å². The van der Waals surface area contributed by atoms with Gasteiger partial charge in [0.1, 0.15) is 5.75 Å². The summed E-state index contributed by atoms with van der Waals surface area (Å²) in [6.45, 7) is 6.01. The highest BCUT2D eigenvalue weighted by atomic mass is 35.5. The Bertz CT molecular complexity index is 910. The van der Waals surface area contributed by atoms with Gasteiger partial charge in [0.15, 0.2) is 13.2 Å². The Morgan fingerprint density at radius 2 is 1.93 bits per heavy atom. The van der Waals surface area contributed by atoms with Crippen molar-refractivity contribution in [1.29, 1.82) is 0 Å². The van der Waals surface area contributed by atoms with Crippen molar-refractivity contribution in [3.05, 3.63) is 58.1 Å². The van der Waals surface area contributed by atoms with Gasteiger partial charge in [0.05, 0.1) is 0 Å². The van der Waals surface area contributed by atoms with Gasteiger partial charge in [0, 0.05) is 17.3 Å². The molecule has 5 nitrogen and oxygen atoms in total. The third kappa shape index (κ3) is 5.10. The summed E-state index contributed by atoms with van der Waals surface area (Å²) in [6.07, 6.45) is 1.85. The number of aryl methyl sites for hydroxylation is 2. The molecule has 0 aliphatic carbocycles. The molecular weight excluding hydrogens is 390 g/mol. The standard InChI is InChI=1S/C23H26ClNO4/c1-15(2)18-12-19(24)16(3)11-21(18)28-14-23(27)29-13-22(26)25-10-6-8-17-7-4-5-9-20(17)25/h4-5,7,9,11-12,15H,6,8,10,13-14H2,1-3H3. The molecule has 0 saturated carbocycles. The molecule has 0 aromatic heterocycles. The number of benzene rings is 2. The molecule has 1 heterocycles. The van der Waals surface area contributed by atoms with Crippen LogP contribution >= 0.6 is 11.6 Å². The molecule has 3 rings (SSSR count). The van der Waals surface area contributed by atoms with Crippen LogP contribution in [0.1, 0.15) is 42.9 Å². The normalized spacial score (nSPS) is 13.2. The third-order valence-corrected chi connectivity index (χ3v) is 5.43. The summed E-state index contributed by atoms with van der Waals surface area (Å²) in [5, 5.41) is 0.663. The number of hydrogen-bond acceptors (Lipinski definition) is 4. The van der Waals surface area contributed by atoms with Crippen molar-refractivity contribution >= 4 is 29.2 Å². The highest BCUT2D eigenvalue weighted by Gasteiger charge is 2.23. The fraction of sp³-hybridized carbons (Fsp3) is 0.391. The van der Waals surface area contributed by atoms with Crippen LogP contribution in [-0.4, -0.2) is 31.6 Å². The summed E-state index contributed by atoms with van der Waals surface area (Å²) in [6, 6.07) is 11.5. The van der Waals surface area contributed by atoms with Gasteiger partial charge in [-0.15, -0.1) is 0 Å². The van der Waals surface area contributed by atoms with Gasteiger partial charge in [-0.05, 0) is 60.6 Å². The van der Waals surface area contributed by atoms with Crippen molar-refractivity contribution in [3.8, 4) is 5.75 Å². The number of amides is 1. The van der Waals surface area contributed by atoms with Crippen molar-refractivity contribution in [3.63, 3.8) is 0 Å². The van der Waals surface area contributed by atoms with Crippen molar-refractivity contribution < 1.29 is 19.1 Å². The molecule has 2 aromatic rings. The highest BCUT2D eigenvalue weighted by Crippen LogP contribution is 2.32. The van der Waals surface area contributed by atoms with Gasteiger partial charge >= 0.3 is 5.97 Å². The first kappa shape index (κ1) is 21.2. The summed E-state index contributed by atoms with van der Waals surface area (Å²) >= 11 is 6.20. The Morgan fingerprint density at radius 1 is 1.17 bits per heavy atom. The molecule has 0 saturated heterocycles. The van der Waals surface area contributed by atoms with Crippen LogP contribution in [0.2, 0.25) is 5.02 Å². The van der Waals surface area contributed by atoms with Gasteiger partial charge in [-0.2, -0.15) is 0 Å². The number of ether oxygens (including phenoxy) is 2. The van der Waals surface area contributed by atoms with Crippen LogP contribution in [0.5, 0.6) is 5.75 Å². The second kappa shape index (κ2) is 9.31. The lowest BCUT2D eigenvalue weighted by Gasteiger charge is -2.29. The van der Waals surface area contributed by atoms with E-state index in [9.17, 15) is 9.59 Å². The van der Waals surface area contributed by atoms with Gasteiger partial charge in [0.25, 0.3) is 5.91 Å². The summed E-state index contributed by atoms with van der Waals surface area (Å²) < 4.78 is 10.8. The predicted molar refractivity (Wildman–Crippen MR) is 114 cm³/mol. The van der Waals surface area contributed by atoms with Crippen LogP contribution in [0, 0.1) is 6.92 Å². The number of hydrogen-bond donors (Lipinski definition) is 0. The van der Waals surface area contributed by atoms with Gasteiger partial charge in [-0.1, -0.05) is 43.6 Å². The first-order valence-corrected chi connectivity index (χ1v) is 10.2. The van der Waals surface area contributed by atoms with E-state index in [0.29, 0.717) is 17.3 Å². The van der Waals surface area contributed by atoms with Crippen molar-refractivity contribution in [2.45, 2.75) is 39.5 Å². The van der Waals surface area contributed by atoms with E-state index in [4.69, 9.17) is 21.1 Å². The van der Waals surface area contributed by atoms with Crippen LogP contribution in [0.15, 0.2) is 36.4 Å². The molecular formula is C23H26ClNO4. The van der Waals surface area contributed by atoms with E-state index in [1.807, 2.05) is 57.2 Å². The summed E-state index contributed by atoms with van der Waals surface area (Å²) in [7, 11) is 0. The monoisotopic (exact) mass is 415 g/mol. The van der Waals surface area contributed by atoms with E-state index >= 15 is 0 Å². The maximum atomic E-state index is 12.6. The summed E-state index contributed by atoms with van der Waals surface area (Å²) in [4.78, 5) is 26.4. The molecule has 1 aliphatic heterocycles. The van der Waals surface area contributed by atoms with Gasteiger partial charge < -0.3 is 14.4 Å². The lowest BCUT2D eigenvalue weighted by molar-refractivity contribution is -0.149. The number of carbonyl (C=O) groups excluding carboxylic acids is 2. The van der Waals surface area contributed by atoms with Crippen LogP contribution < -0.4 is 9.64 Å². The molecule has 29 heavy (non-hydrogen) atoms. The number of para-hydroxylation sites is 1. The minimum atomic E-state index is -0.578. The van der Waals surface area contributed by atoms with Crippen molar-refractivity contribution in [2.24, 2.45) is 0 Å². The van der Waals surface area contributed by atoms with Crippen molar-refractivity contribution in [1.82, 2.24) is 0 Å². The predicted octanol–water partition coefficient (Wildman–Crippen LogP) is 4.67. The number of halogens is 1. The summed E-state index contributed by atoms with van der Waals surface area (Å²) in [5.41, 5.74) is 3.84. The Hall–Kier alpha value is -2.53. The molecule has 0 N–H and O–H groups in total. The van der Waals surface area contributed by atoms with Gasteiger partial charge in [-0.25, -0.2) is 4.79 Å². The fourth-order valence-corrected chi connectivity index (χ4v) is 3.61. The van der Waals surface area contributed by atoms with E-state index in [1.54, 1.807) is 4.90 Å². The SMILES string of the molecule is Cc1cc(OCC(=O)OCC(=O)N2CCCc3ccccc32)c(C(C)C)cc1Cl. The molecule has 2 aromatic carbocycles. The average molecular weight is 416 g/mol. The lowest BCUT2D eigenvalue weighted by atomic mass is 10.0. The molecule has 1 aliphatic rings. The zero-order valence-electron chi connectivity index (χ0n) is 17.0. The number of fused-ring (bicyclic) bond motifs is 1. The van der Waals surface area contributed by atoms with Gasteiger partial charge in [0.2, 0.25) is 0 Å². The second-order valence-electron chi connectivity index (χ2n) is 7.52. The van der Waals surface area contributed by atoms with E-state index in [0.717, 1.165) is 35.2 Å². The first-order valence-electron chi connectivity index (χ1n) is 9.83. The molecule has 0 bridgehead atoms. The Balaban J connectivity index is 1.56. The van der Waals surface area contributed by atoms with Gasteiger partial charge in [-0.3, -0.25) is 4.79 Å². The van der Waals surface area contributed by atoms with Crippen molar-refractivity contribution in [2.75, 3.05) is 24.7 Å². The molecule has 1 amide bonds. The maximum Gasteiger partial charge on any atom is 0.344 e. The minimum Gasteiger partial charge on any atom is -0.482 e. The van der Waals surface area contributed by atoms with Crippen LogP contribution in [-0.2, 0) is 20.7 Å². The molecule has 0 atom stereocenters. The third-order valence-electron chi connectivity index (χ3n) is 5.03. The smallest absolute Gasteiger partial charge is 0.344 e. The van der Waals surface area contributed by atoms with E-state index in [1.165, 1.54) is 0 Å². The zero-order chi connectivity index (χ0) is 21.0. The van der Waals surface area contributed by atoms with E-state index < -0.39 is 5.97 Å². The largest absolute Gasteiger partial charge is 0.482 e. The minimum absolute atomic E-state index is 0.194. The Kier molecular flexibility index (Phi) is 6.80. The zero-order valence-corrected chi connectivity index (χ0v) is 17.8. The molecule has 0 spiro atoms. The average Bonchev–Trinajstić information content (AvgIpc) is 2.71. The molecule has 6 heteroatoms. The second-order valence-corrected chi connectivity index (χ2v) is 7.93. The Labute approximate surface area is 176 Å². The number of nitrogens with zero attached hydrogens (tertiary/aromatic N) is 1. The summed E-state index contributed by atoms with van der Waals surface area (Å²) in [5.74, 6) is -0.00309. The highest BCUT2D eigenvalue weighted by molar-refractivity contribution is 6.31.